The van der Waals surface area contributed by atoms with Gasteiger partial charge in [0.1, 0.15) is 0 Å². The van der Waals surface area contributed by atoms with E-state index in [0.717, 1.165) is 5.92 Å². The summed E-state index contributed by atoms with van der Waals surface area (Å²) in [4.78, 5) is 0. The van der Waals surface area contributed by atoms with Gasteiger partial charge >= 0.3 is 0 Å². The fraction of sp³-hybridized carbons (Fsp3) is 0.700. The fourth-order valence-corrected chi connectivity index (χ4v) is 4.30. The molecule has 1 aromatic rings. The summed E-state index contributed by atoms with van der Waals surface area (Å²) in [6.07, 6.45) is 10.8. The summed E-state index contributed by atoms with van der Waals surface area (Å²) in [5.41, 5.74) is 5.56. The predicted molar refractivity (Wildman–Crippen MR) is 89.4 cm³/mol. The Morgan fingerprint density at radius 3 is 2.10 bits per heavy atom. The van der Waals surface area contributed by atoms with E-state index >= 15 is 0 Å². The van der Waals surface area contributed by atoms with Crippen LogP contribution in [-0.4, -0.2) is 0 Å². The Bertz CT molecular complexity index is 416. The van der Waals surface area contributed by atoms with Crippen LogP contribution in [0.5, 0.6) is 0 Å². The van der Waals surface area contributed by atoms with Crippen molar-refractivity contribution in [1.29, 1.82) is 0 Å². The molecular weight excluding hydrogens is 240 g/mol. The van der Waals surface area contributed by atoms with Gasteiger partial charge in [0, 0.05) is 0 Å². The van der Waals surface area contributed by atoms with Crippen molar-refractivity contribution >= 4 is 0 Å². The number of hydrogen-bond acceptors (Lipinski definition) is 0. The van der Waals surface area contributed by atoms with E-state index < -0.39 is 0 Å². The second-order valence-electron chi connectivity index (χ2n) is 6.67. The predicted octanol–water partition coefficient (Wildman–Crippen LogP) is 6.28. The SMILES string of the molecule is CCc1cccc(C2CCC(CC)(CC)CC2)c1CC. The van der Waals surface area contributed by atoms with Crippen molar-refractivity contribution in [3.05, 3.63) is 34.9 Å². The van der Waals surface area contributed by atoms with Crippen LogP contribution < -0.4 is 0 Å². The average Bonchev–Trinajstić information content (AvgIpc) is 2.54. The largest absolute Gasteiger partial charge is 0.0649 e. The highest BCUT2D eigenvalue weighted by Gasteiger charge is 2.33. The lowest BCUT2D eigenvalue weighted by atomic mass is 9.65. The molecule has 2 rings (SSSR count). The van der Waals surface area contributed by atoms with Gasteiger partial charge in [-0.05, 0) is 66.5 Å². The fourth-order valence-electron chi connectivity index (χ4n) is 4.30. The first-order valence-electron chi connectivity index (χ1n) is 8.80. The Morgan fingerprint density at radius 1 is 0.950 bits per heavy atom. The van der Waals surface area contributed by atoms with Gasteiger partial charge in [0.2, 0.25) is 0 Å². The van der Waals surface area contributed by atoms with Crippen LogP contribution in [0.3, 0.4) is 0 Å². The second kappa shape index (κ2) is 6.78. The Hall–Kier alpha value is -0.780. The van der Waals surface area contributed by atoms with Gasteiger partial charge < -0.3 is 0 Å². The van der Waals surface area contributed by atoms with E-state index in [4.69, 9.17) is 0 Å². The van der Waals surface area contributed by atoms with Crippen molar-refractivity contribution in [2.24, 2.45) is 5.41 Å². The molecule has 112 valence electrons. The summed E-state index contributed by atoms with van der Waals surface area (Å²) in [5.74, 6) is 0.822. The maximum Gasteiger partial charge on any atom is -0.0159 e. The third-order valence-corrected chi connectivity index (χ3v) is 6.03. The van der Waals surface area contributed by atoms with Crippen molar-refractivity contribution in [3.8, 4) is 0 Å². The molecule has 0 heteroatoms. The van der Waals surface area contributed by atoms with Gasteiger partial charge in [0.25, 0.3) is 0 Å². The summed E-state index contributed by atoms with van der Waals surface area (Å²) in [6.45, 7) is 9.39. The molecule has 1 aliphatic rings. The van der Waals surface area contributed by atoms with Gasteiger partial charge in [0.15, 0.2) is 0 Å². The van der Waals surface area contributed by atoms with E-state index in [1.807, 2.05) is 0 Å². The maximum absolute atomic E-state index is 2.41. The van der Waals surface area contributed by atoms with Crippen molar-refractivity contribution in [2.75, 3.05) is 0 Å². The van der Waals surface area contributed by atoms with Crippen molar-refractivity contribution in [2.45, 2.75) is 85.0 Å². The molecule has 0 heterocycles. The first kappa shape index (κ1) is 15.6. The summed E-state index contributed by atoms with van der Waals surface area (Å²) in [5, 5.41) is 0. The van der Waals surface area contributed by atoms with Crippen LogP contribution in [0, 0.1) is 5.41 Å². The number of benzene rings is 1. The average molecular weight is 272 g/mol. The lowest BCUT2D eigenvalue weighted by Gasteiger charge is -2.40. The molecule has 0 N–H and O–H groups in total. The smallest absolute Gasteiger partial charge is 0.0159 e. The van der Waals surface area contributed by atoms with Gasteiger partial charge in [-0.3, -0.25) is 0 Å². The van der Waals surface area contributed by atoms with E-state index in [2.05, 4.69) is 45.9 Å². The molecule has 0 amide bonds. The van der Waals surface area contributed by atoms with Gasteiger partial charge in [-0.1, -0.05) is 58.7 Å². The summed E-state index contributed by atoms with van der Waals surface area (Å²) < 4.78 is 0. The van der Waals surface area contributed by atoms with Gasteiger partial charge in [-0.25, -0.2) is 0 Å². The van der Waals surface area contributed by atoms with Crippen LogP contribution in [0.2, 0.25) is 0 Å². The molecule has 0 radical (unpaired) electrons. The first-order chi connectivity index (χ1) is 9.69. The summed E-state index contributed by atoms with van der Waals surface area (Å²) >= 11 is 0. The lowest BCUT2D eigenvalue weighted by molar-refractivity contribution is 0.159. The topological polar surface area (TPSA) is 0 Å². The van der Waals surface area contributed by atoms with Crippen LogP contribution in [0.1, 0.15) is 88.8 Å². The second-order valence-corrected chi connectivity index (χ2v) is 6.67. The Balaban J connectivity index is 2.18. The Kier molecular flexibility index (Phi) is 5.29. The molecule has 0 unspecified atom stereocenters. The highest BCUT2D eigenvalue weighted by Crippen LogP contribution is 2.47. The molecule has 1 aliphatic carbocycles. The first-order valence-corrected chi connectivity index (χ1v) is 8.80. The normalized spacial score (nSPS) is 19.2. The molecule has 0 bridgehead atoms. The molecule has 0 saturated heterocycles. The molecule has 0 spiro atoms. The zero-order valence-electron chi connectivity index (χ0n) is 14.0. The van der Waals surface area contributed by atoms with Crippen LogP contribution in [0.25, 0.3) is 0 Å². The van der Waals surface area contributed by atoms with E-state index in [0.29, 0.717) is 5.41 Å². The van der Waals surface area contributed by atoms with Crippen LogP contribution in [-0.2, 0) is 12.8 Å². The number of hydrogen-bond donors (Lipinski definition) is 0. The highest BCUT2D eigenvalue weighted by atomic mass is 14.4. The third kappa shape index (κ3) is 2.95. The highest BCUT2D eigenvalue weighted by molar-refractivity contribution is 5.38. The van der Waals surface area contributed by atoms with Crippen LogP contribution >= 0.6 is 0 Å². The lowest BCUT2D eigenvalue weighted by Crippen LogP contribution is -2.26. The minimum absolute atomic E-state index is 0.658. The number of rotatable bonds is 5. The zero-order chi connectivity index (χ0) is 14.6. The monoisotopic (exact) mass is 272 g/mol. The molecule has 0 atom stereocenters. The number of aryl methyl sites for hydroxylation is 1. The van der Waals surface area contributed by atoms with Crippen LogP contribution in [0.15, 0.2) is 18.2 Å². The quantitative estimate of drug-likeness (QED) is 0.592. The molecule has 1 saturated carbocycles. The van der Waals surface area contributed by atoms with Gasteiger partial charge in [0.05, 0.1) is 0 Å². The van der Waals surface area contributed by atoms with E-state index in [1.165, 1.54) is 51.4 Å². The molecule has 1 aromatic carbocycles. The standard InChI is InChI=1S/C20H32/c1-5-16-10-9-11-19(18(16)6-2)17-12-14-20(7-3,8-4)15-13-17/h9-11,17H,5-8,12-15H2,1-4H3. The third-order valence-electron chi connectivity index (χ3n) is 6.03. The Morgan fingerprint density at radius 2 is 1.60 bits per heavy atom. The van der Waals surface area contributed by atoms with E-state index in [-0.39, 0.29) is 0 Å². The zero-order valence-corrected chi connectivity index (χ0v) is 14.0. The van der Waals surface area contributed by atoms with E-state index in [9.17, 15) is 0 Å². The molecule has 1 fully saturated rings. The molecule has 0 aromatic heterocycles. The molecular formula is C20H32. The molecule has 0 nitrogen and oxygen atoms in total. The van der Waals surface area contributed by atoms with Gasteiger partial charge in [-0.2, -0.15) is 0 Å². The minimum atomic E-state index is 0.658. The Labute approximate surface area is 126 Å². The summed E-state index contributed by atoms with van der Waals surface area (Å²) in [7, 11) is 0. The van der Waals surface area contributed by atoms with Crippen molar-refractivity contribution < 1.29 is 0 Å². The maximum atomic E-state index is 2.41. The molecule has 20 heavy (non-hydrogen) atoms. The van der Waals surface area contributed by atoms with Gasteiger partial charge in [-0.15, -0.1) is 0 Å². The van der Waals surface area contributed by atoms with E-state index in [1.54, 1.807) is 16.7 Å². The van der Waals surface area contributed by atoms with Crippen molar-refractivity contribution in [3.63, 3.8) is 0 Å². The summed E-state index contributed by atoms with van der Waals surface area (Å²) in [6, 6.07) is 7.02. The molecule has 0 aliphatic heterocycles. The van der Waals surface area contributed by atoms with Crippen molar-refractivity contribution in [1.82, 2.24) is 0 Å². The minimum Gasteiger partial charge on any atom is -0.0649 e. The van der Waals surface area contributed by atoms with Crippen LogP contribution in [0.4, 0.5) is 0 Å².